The summed E-state index contributed by atoms with van der Waals surface area (Å²) in [5.74, 6) is 0.236. The lowest BCUT2D eigenvalue weighted by molar-refractivity contribution is 0.0937. The second kappa shape index (κ2) is 6.27. The van der Waals surface area contributed by atoms with E-state index in [9.17, 15) is 4.79 Å². The van der Waals surface area contributed by atoms with Crippen LogP contribution in [0, 0.1) is 19.8 Å². The highest BCUT2D eigenvalue weighted by molar-refractivity contribution is 6.00. The molecular weight excluding hydrogens is 270 g/mol. The average Bonchev–Trinajstić information content (AvgIpc) is 2.55. The first-order chi connectivity index (χ1) is 10.7. The third kappa shape index (κ3) is 2.87. The Morgan fingerprint density at radius 2 is 1.77 bits per heavy atom. The number of aromatic nitrogens is 1. The monoisotopic (exact) mass is 291 g/mol. The zero-order chi connectivity index (χ0) is 15.5. The van der Waals surface area contributed by atoms with Crippen LogP contribution in [0.4, 0.5) is 0 Å². The van der Waals surface area contributed by atoms with Gasteiger partial charge in [-0.25, -0.2) is 0 Å². The van der Waals surface area contributed by atoms with E-state index >= 15 is 0 Å². The summed E-state index contributed by atoms with van der Waals surface area (Å²) in [5, 5.41) is 0. The number of carbonyl (C=O) groups excluding carboxylic acids is 1. The molecule has 2 nitrogen and oxygen atoms in total. The van der Waals surface area contributed by atoms with Crippen molar-refractivity contribution in [2.75, 3.05) is 0 Å². The number of rotatable bonds is 3. The third-order valence-electron chi connectivity index (χ3n) is 4.40. The van der Waals surface area contributed by atoms with Gasteiger partial charge in [0.15, 0.2) is 5.78 Å². The fourth-order valence-corrected chi connectivity index (χ4v) is 3.36. The first-order valence-corrected chi connectivity index (χ1v) is 7.88. The topological polar surface area (TPSA) is 30.0 Å². The molecule has 0 spiro atoms. The molecule has 0 saturated carbocycles. The number of carbonyl (C=O) groups is 1. The summed E-state index contributed by atoms with van der Waals surface area (Å²) < 4.78 is 0. The second-order valence-electron chi connectivity index (χ2n) is 6.07. The van der Waals surface area contributed by atoms with Crippen LogP contribution in [0.25, 0.3) is 5.57 Å². The summed E-state index contributed by atoms with van der Waals surface area (Å²) >= 11 is 0. The van der Waals surface area contributed by atoms with E-state index < -0.39 is 0 Å². The molecule has 0 bridgehead atoms. The highest BCUT2D eigenvalue weighted by atomic mass is 16.1. The van der Waals surface area contributed by atoms with E-state index in [0.29, 0.717) is 0 Å². The molecule has 0 amide bonds. The molecule has 2 heteroatoms. The van der Waals surface area contributed by atoms with Gasteiger partial charge in [0.1, 0.15) is 0 Å². The average molecular weight is 291 g/mol. The van der Waals surface area contributed by atoms with Crippen molar-refractivity contribution >= 4 is 11.4 Å². The molecule has 0 radical (unpaired) electrons. The first kappa shape index (κ1) is 14.7. The lowest BCUT2D eigenvalue weighted by Crippen LogP contribution is -2.16. The number of ketones is 1. The first-order valence-electron chi connectivity index (χ1n) is 7.88. The molecule has 2 aromatic rings. The van der Waals surface area contributed by atoms with Crippen LogP contribution in [0.3, 0.4) is 0 Å². The van der Waals surface area contributed by atoms with Gasteiger partial charge in [-0.05, 0) is 55.4 Å². The van der Waals surface area contributed by atoms with E-state index in [-0.39, 0.29) is 11.7 Å². The van der Waals surface area contributed by atoms with Crippen LogP contribution < -0.4 is 0 Å². The maximum absolute atomic E-state index is 12.7. The molecule has 0 N–H and O–H groups in total. The van der Waals surface area contributed by atoms with Gasteiger partial charge in [-0.1, -0.05) is 36.4 Å². The van der Waals surface area contributed by atoms with Crippen LogP contribution in [-0.2, 0) is 0 Å². The van der Waals surface area contributed by atoms with Gasteiger partial charge in [-0.15, -0.1) is 0 Å². The van der Waals surface area contributed by atoms with Crippen molar-refractivity contribution in [3.63, 3.8) is 0 Å². The third-order valence-corrected chi connectivity index (χ3v) is 4.40. The van der Waals surface area contributed by atoms with E-state index in [0.717, 1.165) is 24.8 Å². The van der Waals surface area contributed by atoms with Crippen LogP contribution in [0.1, 0.15) is 46.3 Å². The highest BCUT2D eigenvalue weighted by Gasteiger charge is 2.23. The molecule has 3 rings (SSSR count). The van der Waals surface area contributed by atoms with Gasteiger partial charge in [0, 0.05) is 23.9 Å². The van der Waals surface area contributed by atoms with E-state index in [4.69, 9.17) is 0 Å². The van der Waals surface area contributed by atoms with Crippen LogP contribution in [0.15, 0.2) is 48.8 Å². The quantitative estimate of drug-likeness (QED) is 0.763. The predicted octanol–water partition coefficient (Wildman–Crippen LogP) is 4.76. The summed E-state index contributed by atoms with van der Waals surface area (Å²) in [6.07, 6.45) is 9.06. The molecule has 1 aromatic carbocycles. The van der Waals surface area contributed by atoms with E-state index in [1.54, 1.807) is 0 Å². The van der Waals surface area contributed by atoms with Crippen molar-refractivity contribution in [2.24, 2.45) is 5.92 Å². The summed E-state index contributed by atoms with van der Waals surface area (Å²) in [4.78, 5) is 16.9. The Morgan fingerprint density at radius 1 is 1.09 bits per heavy atom. The van der Waals surface area contributed by atoms with Gasteiger partial charge < -0.3 is 0 Å². The van der Waals surface area contributed by atoms with E-state index in [1.165, 1.54) is 22.3 Å². The molecule has 112 valence electrons. The second-order valence-corrected chi connectivity index (χ2v) is 6.07. The minimum absolute atomic E-state index is 0.00175. The van der Waals surface area contributed by atoms with Crippen molar-refractivity contribution in [1.29, 1.82) is 0 Å². The zero-order valence-electron chi connectivity index (χ0n) is 13.2. The number of Topliss-reactive ketones (excluding diaryl/α,β-unsaturated/α-hetero) is 1. The lowest BCUT2D eigenvalue weighted by atomic mass is 9.81. The summed E-state index contributed by atoms with van der Waals surface area (Å²) in [6.45, 7) is 4.19. The van der Waals surface area contributed by atoms with Crippen LogP contribution in [0.5, 0.6) is 0 Å². The van der Waals surface area contributed by atoms with Gasteiger partial charge >= 0.3 is 0 Å². The Bertz CT molecular complexity index is 695. The summed E-state index contributed by atoms with van der Waals surface area (Å²) in [5.41, 5.74) is 5.78. The Morgan fingerprint density at radius 3 is 2.45 bits per heavy atom. The Hall–Kier alpha value is -2.22. The van der Waals surface area contributed by atoms with E-state index in [1.807, 2.05) is 42.7 Å². The number of hydrogen-bond acceptors (Lipinski definition) is 2. The largest absolute Gasteiger partial charge is 0.294 e. The number of nitrogens with zero attached hydrogens (tertiary/aromatic N) is 1. The van der Waals surface area contributed by atoms with E-state index in [2.05, 4.69) is 24.9 Å². The fraction of sp³-hybridized carbons (Fsp3) is 0.300. The molecule has 0 aliphatic heterocycles. The zero-order valence-corrected chi connectivity index (χ0v) is 13.2. The molecule has 1 aliphatic rings. The van der Waals surface area contributed by atoms with Crippen LogP contribution >= 0.6 is 0 Å². The maximum atomic E-state index is 12.7. The van der Waals surface area contributed by atoms with Gasteiger partial charge in [0.25, 0.3) is 0 Å². The van der Waals surface area contributed by atoms with Crippen molar-refractivity contribution in [3.05, 3.63) is 71.1 Å². The number of hydrogen-bond donors (Lipinski definition) is 0. The van der Waals surface area contributed by atoms with Gasteiger partial charge in [0.05, 0.1) is 0 Å². The standard InChI is InChI=1S/C20H21NO/c1-14-12-21-13-15(2)19(14)17-9-6-10-18(11-17)20(22)16-7-4-3-5-8-16/h3-5,7-8,11-13,18H,6,9-10H2,1-2H3. The SMILES string of the molecule is Cc1cncc(C)c1C1=CC(C(=O)c2ccccc2)CCC1. The van der Waals surface area contributed by atoms with Crippen molar-refractivity contribution in [2.45, 2.75) is 33.1 Å². The smallest absolute Gasteiger partial charge is 0.169 e. The van der Waals surface area contributed by atoms with Gasteiger partial charge in [-0.2, -0.15) is 0 Å². The Balaban J connectivity index is 1.94. The normalized spacial score (nSPS) is 17.9. The fourth-order valence-electron chi connectivity index (χ4n) is 3.36. The molecule has 1 atom stereocenters. The molecule has 1 unspecified atom stereocenters. The molecular formula is C20H21NO. The van der Waals surface area contributed by atoms with Crippen LogP contribution in [-0.4, -0.2) is 10.8 Å². The molecule has 1 heterocycles. The Kier molecular flexibility index (Phi) is 4.19. The number of pyridine rings is 1. The number of aryl methyl sites for hydroxylation is 2. The summed E-state index contributed by atoms with van der Waals surface area (Å²) in [7, 11) is 0. The van der Waals surface area contributed by atoms with Crippen molar-refractivity contribution in [1.82, 2.24) is 4.98 Å². The Labute approximate surface area is 131 Å². The predicted molar refractivity (Wildman–Crippen MR) is 89.8 cm³/mol. The number of benzene rings is 1. The number of allylic oxidation sites excluding steroid dienone is 2. The molecule has 1 aromatic heterocycles. The minimum Gasteiger partial charge on any atom is -0.294 e. The molecule has 1 aliphatic carbocycles. The molecule has 0 fully saturated rings. The maximum Gasteiger partial charge on any atom is 0.169 e. The van der Waals surface area contributed by atoms with Gasteiger partial charge in [0.2, 0.25) is 0 Å². The molecule has 0 saturated heterocycles. The molecule has 22 heavy (non-hydrogen) atoms. The summed E-state index contributed by atoms with van der Waals surface area (Å²) in [6, 6.07) is 9.62. The van der Waals surface area contributed by atoms with Gasteiger partial charge in [-0.3, -0.25) is 9.78 Å². The lowest BCUT2D eigenvalue weighted by Gasteiger charge is -2.22. The minimum atomic E-state index is -0.00175. The van der Waals surface area contributed by atoms with Crippen LogP contribution in [0.2, 0.25) is 0 Å². The van der Waals surface area contributed by atoms with Crippen molar-refractivity contribution < 1.29 is 4.79 Å². The van der Waals surface area contributed by atoms with Crippen molar-refractivity contribution in [3.8, 4) is 0 Å². The highest BCUT2D eigenvalue weighted by Crippen LogP contribution is 2.34.